The van der Waals surface area contributed by atoms with Gasteiger partial charge in [-0.15, -0.1) is 0 Å². The highest BCUT2D eigenvalue weighted by atomic mass is 35.5. The molecule has 0 saturated heterocycles. The summed E-state index contributed by atoms with van der Waals surface area (Å²) in [6, 6.07) is 11.3. The van der Waals surface area contributed by atoms with E-state index in [2.05, 4.69) is 5.16 Å². The van der Waals surface area contributed by atoms with E-state index in [-0.39, 0.29) is 34.1 Å². The first-order chi connectivity index (χ1) is 15.5. The third kappa shape index (κ3) is 2.67. The predicted octanol–water partition coefficient (Wildman–Crippen LogP) is 4.96. The molecule has 2 heterocycles. The van der Waals surface area contributed by atoms with E-state index >= 15 is 0 Å². The molecule has 0 fully saturated rings. The second kappa shape index (κ2) is 7.45. The Morgan fingerprint density at radius 3 is 2.53 bits per heavy atom. The molecular formula is C24H22ClNO6. The Morgan fingerprint density at radius 1 is 1.16 bits per heavy atom. The molecule has 0 radical (unpaired) electrons. The van der Waals surface area contributed by atoms with Gasteiger partial charge < -0.3 is 24.2 Å². The predicted molar refractivity (Wildman–Crippen MR) is 117 cm³/mol. The van der Waals surface area contributed by atoms with Crippen molar-refractivity contribution in [2.75, 3.05) is 14.2 Å². The molecule has 2 aromatic carbocycles. The van der Waals surface area contributed by atoms with Crippen molar-refractivity contribution in [2.45, 2.75) is 31.5 Å². The van der Waals surface area contributed by atoms with E-state index in [1.165, 1.54) is 14.2 Å². The Kier molecular flexibility index (Phi) is 4.82. The van der Waals surface area contributed by atoms with Crippen LogP contribution >= 0.6 is 11.6 Å². The van der Waals surface area contributed by atoms with Gasteiger partial charge in [0.05, 0.1) is 19.9 Å². The number of Topliss-reactive ketones (excluding diaryl/α,β-unsaturated/α-hetero) is 1. The molecule has 0 bridgehead atoms. The van der Waals surface area contributed by atoms with Crippen molar-refractivity contribution in [1.82, 2.24) is 0 Å². The van der Waals surface area contributed by atoms with E-state index in [9.17, 15) is 10.0 Å². The fourth-order valence-electron chi connectivity index (χ4n) is 4.90. The summed E-state index contributed by atoms with van der Waals surface area (Å²) in [7, 11) is 2.96. The molecule has 0 saturated carbocycles. The molecule has 1 unspecified atom stereocenters. The van der Waals surface area contributed by atoms with Gasteiger partial charge in [0, 0.05) is 30.4 Å². The van der Waals surface area contributed by atoms with Crippen LogP contribution in [0.25, 0.3) is 0 Å². The molecular weight excluding hydrogens is 434 g/mol. The van der Waals surface area contributed by atoms with Crippen molar-refractivity contribution in [3.63, 3.8) is 0 Å². The summed E-state index contributed by atoms with van der Waals surface area (Å²) < 4.78 is 23.6. The summed E-state index contributed by atoms with van der Waals surface area (Å²) in [6.07, 6.45) is 0.484. The van der Waals surface area contributed by atoms with E-state index < -0.39 is 5.60 Å². The first kappa shape index (κ1) is 20.7. The van der Waals surface area contributed by atoms with Gasteiger partial charge in [-0.1, -0.05) is 54.0 Å². The van der Waals surface area contributed by atoms with Gasteiger partial charge in [0.2, 0.25) is 11.4 Å². The fraction of sp³-hybridized carbons (Fsp3) is 0.333. The molecule has 5 rings (SSSR count). The number of carbonyl (C=O) groups excluding carboxylic acids is 1. The Bertz CT molecular complexity index is 1170. The van der Waals surface area contributed by atoms with Gasteiger partial charge in [-0.25, -0.2) is 0 Å². The smallest absolute Gasteiger partial charge is 0.231 e. The molecule has 2 aromatic rings. The second-order valence-electron chi connectivity index (χ2n) is 8.15. The van der Waals surface area contributed by atoms with Crippen molar-refractivity contribution >= 4 is 23.1 Å². The van der Waals surface area contributed by atoms with E-state index in [0.717, 1.165) is 5.56 Å². The molecule has 1 aliphatic carbocycles. The number of rotatable bonds is 3. The zero-order valence-electron chi connectivity index (χ0n) is 17.8. The molecule has 7 nitrogen and oxygen atoms in total. The van der Waals surface area contributed by atoms with Crippen LogP contribution in [0.2, 0.25) is 5.02 Å². The van der Waals surface area contributed by atoms with Crippen LogP contribution in [-0.4, -0.2) is 36.5 Å². The van der Waals surface area contributed by atoms with Gasteiger partial charge in [-0.2, -0.15) is 0 Å². The number of ketones is 1. The second-order valence-corrected chi connectivity index (χ2v) is 8.52. The Balaban J connectivity index is 1.67. The number of benzene rings is 2. The van der Waals surface area contributed by atoms with Gasteiger partial charge in [0.15, 0.2) is 11.5 Å². The first-order valence-electron chi connectivity index (χ1n) is 10.3. The van der Waals surface area contributed by atoms with E-state index in [1.54, 1.807) is 6.07 Å². The SMILES string of the molecule is COc1cc(OC)c2c(c1Cl)O[C@]1(C2=O)C2=C(CC(c3ccccc3)O2)/C(=N/O)C[C@H]1C. The van der Waals surface area contributed by atoms with E-state index in [1.807, 2.05) is 37.3 Å². The molecule has 8 heteroatoms. The highest BCUT2D eigenvalue weighted by Crippen LogP contribution is 2.58. The summed E-state index contributed by atoms with van der Waals surface area (Å²) in [4.78, 5) is 14.0. The first-order valence-corrected chi connectivity index (χ1v) is 10.7. The van der Waals surface area contributed by atoms with E-state index in [4.69, 9.17) is 30.5 Å². The van der Waals surface area contributed by atoms with Crippen LogP contribution in [0.15, 0.2) is 52.9 Å². The lowest BCUT2D eigenvalue weighted by Gasteiger charge is -2.37. The van der Waals surface area contributed by atoms with Crippen LogP contribution in [0.5, 0.6) is 17.2 Å². The fourth-order valence-corrected chi connectivity index (χ4v) is 5.17. The van der Waals surface area contributed by atoms with Crippen LogP contribution in [0.4, 0.5) is 0 Å². The molecule has 1 N–H and O–H groups in total. The average molecular weight is 456 g/mol. The van der Waals surface area contributed by atoms with Gasteiger partial charge in [0.25, 0.3) is 0 Å². The quantitative estimate of drug-likeness (QED) is 0.520. The number of nitrogens with zero attached hydrogens (tertiary/aromatic N) is 1. The van der Waals surface area contributed by atoms with Crippen LogP contribution < -0.4 is 14.2 Å². The molecule has 3 atom stereocenters. The highest BCUT2D eigenvalue weighted by molar-refractivity contribution is 6.35. The number of hydrogen-bond acceptors (Lipinski definition) is 7. The summed E-state index contributed by atoms with van der Waals surface area (Å²) in [5.41, 5.74) is 0.969. The minimum absolute atomic E-state index is 0.196. The Labute approximate surface area is 190 Å². The lowest BCUT2D eigenvalue weighted by atomic mass is 9.72. The van der Waals surface area contributed by atoms with Crippen molar-refractivity contribution in [3.05, 3.63) is 63.9 Å². The van der Waals surface area contributed by atoms with Gasteiger partial charge in [-0.05, 0) is 5.56 Å². The minimum atomic E-state index is -1.43. The van der Waals surface area contributed by atoms with Gasteiger partial charge in [0.1, 0.15) is 28.2 Å². The van der Waals surface area contributed by atoms with Crippen LogP contribution in [-0.2, 0) is 4.74 Å². The zero-order valence-corrected chi connectivity index (χ0v) is 18.6. The molecule has 0 amide bonds. The summed E-state index contributed by atoms with van der Waals surface area (Å²) in [5.74, 6) is 0.570. The van der Waals surface area contributed by atoms with Crippen molar-refractivity contribution in [3.8, 4) is 17.2 Å². The van der Waals surface area contributed by atoms with Crippen molar-refractivity contribution in [2.24, 2.45) is 11.1 Å². The number of oxime groups is 1. The minimum Gasteiger partial charge on any atom is -0.496 e. The molecule has 2 aliphatic heterocycles. The van der Waals surface area contributed by atoms with Gasteiger partial charge >= 0.3 is 0 Å². The Morgan fingerprint density at radius 2 is 1.88 bits per heavy atom. The molecule has 3 aliphatic rings. The van der Waals surface area contributed by atoms with Crippen molar-refractivity contribution < 1.29 is 28.9 Å². The zero-order chi connectivity index (χ0) is 22.6. The average Bonchev–Trinajstić information content (AvgIpc) is 3.39. The molecule has 32 heavy (non-hydrogen) atoms. The summed E-state index contributed by atoms with van der Waals surface area (Å²) in [5, 5.41) is 13.4. The standard InChI is InChI=1S/C24H22ClNO6/c1-12-9-15(26-28)14-10-16(13-7-5-4-6-8-13)31-23(14)24(12)22(27)19-17(29-2)11-18(30-3)20(25)21(19)32-24/h4-8,11-12,16,28H,9-10H2,1-3H3/b26-15+/t12-,16?,24-/m1/s1. The maximum absolute atomic E-state index is 14.0. The topological polar surface area (TPSA) is 86.6 Å². The number of hydrogen-bond donors (Lipinski definition) is 1. The Hall–Kier alpha value is -3.19. The third-order valence-corrected chi connectivity index (χ3v) is 6.87. The number of halogens is 1. The lowest BCUT2D eigenvalue weighted by molar-refractivity contribution is 0.00348. The van der Waals surface area contributed by atoms with Crippen molar-refractivity contribution in [1.29, 1.82) is 0 Å². The number of carbonyl (C=O) groups is 1. The van der Waals surface area contributed by atoms with E-state index in [0.29, 0.717) is 41.4 Å². The molecule has 0 aromatic heterocycles. The maximum atomic E-state index is 14.0. The van der Waals surface area contributed by atoms with Gasteiger partial charge in [-0.3, -0.25) is 4.79 Å². The molecule has 1 spiro atoms. The summed E-state index contributed by atoms with van der Waals surface area (Å²) in [6.45, 7) is 1.87. The number of ether oxygens (including phenoxy) is 4. The van der Waals surface area contributed by atoms with Crippen LogP contribution in [0.1, 0.15) is 41.8 Å². The monoisotopic (exact) mass is 455 g/mol. The normalized spacial score (nSPS) is 27.2. The molecule has 166 valence electrons. The number of methoxy groups -OCH3 is 2. The highest BCUT2D eigenvalue weighted by Gasteiger charge is 2.63. The third-order valence-electron chi connectivity index (χ3n) is 6.51. The summed E-state index contributed by atoms with van der Waals surface area (Å²) >= 11 is 6.54. The lowest BCUT2D eigenvalue weighted by Crippen LogP contribution is -2.52. The number of fused-ring (bicyclic) bond motifs is 2. The largest absolute Gasteiger partial charge is 0.496 e. The maximum Gasteiger partial charge on any atom is 0.231 e. The van der Waals surface area contributed by atoms with Crippen LogP contribution in [0, 0.1) is 5.92 Å². The van der Waals surface area contributed by atoms with Crippen LogP contribution in [0.3, 0.4) is 0 Å².